The third-order valence-corrected chi connectivity index (χ3v) is 5.99. The number of unbranched alkanes of at least 4 members (excludes halogenated alkanes) is 13. The number of rotatable bonds is 20. The molecule has 0 radical (unpaired) electrons. The van der Waals surface area contributed by atoms with Crippen molar-refractivity contribution in [1.82, 2.24) is 0 Å². The van der Waals surface area contributed by atoms with Crippen molar-refractivity contribution in [2.75, 3.05) is 0 Å². The predicted octanol–water partition coefficient (Wildman–Crippen LogP) is 7.93. The van der Waals surface area contributed by atoms with E-state index in [1.54, 1.807) is 0 Å². The zero-order valence-electron chi connectivity index (χ0n) is 18.4. The van der Waals surface area contributed by atoms with Crippen molar-refractivity contribution < 1.29 is 4.79 Å². The van der Waals surface area contributed by atoms with Crippen molar-refractivity contribution in [3.05, 3.63) is 0 Å². The molecule has 0 aliphatic carbocycles. The fourth-order valence-electron chi connectivity index (χ4n) is 4.36. The van der Waals surface area contributed by atoms with Crippen LogP contribution in [0, 0.1) is 5.41 Å². The van der Waals surface area contributed by atoms with Crippen LogP contribution in [0.4, 0.5) is 0 Å². The molecule has 156 valence electrons. The Hall–Kier alpha value is -0.530. The topological polar surface area (TPSA) is 43.1 Å². The summed E-state index contributed by atoms with van der Waals surface area (Å²) in [5.41, 5.74) is 5.54. The number of primary amides is 1. The van der Waals surface area contributed by atoms with Gasteiger partial charge < -0.3 is 5.73 Å². The molecule has 2 heteroatoms. The maximum Gasteiger partial charge on any atom is 0.223 e. The van der Waals surface area contributed by atoms with Gasteiger partial charge in [-0.25, -0.2) is 0 Å². The van der Waals surface area contributed by atoms with Gasteiger partial charge in [0.15, 0.2) is 0 Å². The number of hydrogen-bond donors (Lipinski definition) is 1. The molecule has 1 amide bonds. The molecule has 0 spiro atoms. The van der Waals surface area contributed by atoms with Gasteiger partial charge in [0.1, 0.15) is 0 Å². The number of carbonyl (C=O) groups excluding carboxylic acids is 1. The Labute approximate surface area is 165 Å². The summed E-state index contributed by atoms with van der Waals surface area (Å²) in [6.07, 6.45) is 24.3. The summed E-state index contributed by atoms with van der Waals surface area (Å²) in [5.74, 6) is -0.0594. The summed E-state index contributed by atoms with van der Waals surface area (Å²) in [6, 6.07) is 0. The molecule has 0 bridgehead atoms. The third-order valence-electron chi connectivity index (χ3n) is 5.99. The average molecular weight is 368 g/mol. The van der Waals surface area contributed by atoms with Gasteiger partial charge in [-0.3, -0.25) is 4.79 Å². The van der Waals surface area contributed by atoms with E-state index in [0.29, 0.717) is 0 Å². The Kier molecular flexibility index (Phi) is 17.5. The zero-order chi connectivity index (χ0) is 19.5. The Balaban J connectivity index is 3.57. The second-order valence-electron chi connectivity index (χ2n) is 8.49. The minimum Gasteiger partial charge on any atom is -0.369 e. The van der Waals surface area contributed by atoms with Crippen LogP contribution in [0.2, 0.25) is 0 Å². The van der Waals surface area contributed by atoms with Crippen molar-refractivity contribution in [3.63, 3.8) is 0 Å². The minimum absolute atomic E-state index is 0.0594. The molecule has 2 N–H and O–H groups in total. The average Bonchev–Trinajstić information content (AvgIpc) is 2.62. The van der Waals surface area contributed by atoms with E-state index in [1.165, 1.54) is 89.9 Å². The van der Waals surface area contributed by atoms with Crippen molar-refractivity contribution in [2.45, 2.75) is 143 Å². The first kappa shape index (κ1) is 25.5. The Morgan fingerprint density at radius 3 is 1.19 bits per heavy atom. The summed E-state index contributed by atoms with van der Waals surface area (Å²) >= 11 is 0. The van der Waals surface area contributed by atoms with Gasteiger partial charge in [-0.2, -0.15) is 0 Å². The highest BCUT2D eigenvalue weighted by Crippen LogP contribution is 2.35. The minimum atomic E-state index is -0.222. The van der Waals surface area contributed by atoms with E-state index in [2.05, 4.69) is 20.8 Å². The lowest BCUT2D eigenvalue weighted by Crippen LogP contribution is -2.37. The van der Waals surface area contributed by atoms with Gasteiger partial charge in [-0.15, -0.1) is 0 Å². The zero-order valence-corrected chi connectivity index (χ0v) is 18.4. The molecule has 0 aliphatic rings. The van der Waals surface area contributed by atoms with E-state index in [4.69, 9.17) is 5.73 Å². The van der Waals surface area contributed by atoms with Gasteiger partial charge in [-0.1, -0.05) is 124 Å². The van der Waals surface area contributed by atoms with Crippen LogP contribution in [-0.2, 0) is 4.79 Å². The Morgan fingerprint density at radius 1 is 0.538 bits per heavy atom. The Morgan fingerprint density at radius 2 is 0.885 bits per heavy atom. The first-order chi connectivity index (χ1) is 12.6. The standard InChI is InChI=1S/C24H49NO/c1-4-7-8-9-10-11-12-13-14-15-16-17-18-19-22-24(20-5-2,21-6-3)23(25)26/h4-22H2,1-3H3,(H2,25,26). The van der Waals surface area contributed by atoms with Gasteiger partial charge >= 0.3 is 0 Å². The molecule has 0 saturated carbocycles. The summed E-state index contributed by atoms with van der Waals surface area (Å²) in [6.45, 7) is 6.61. The molecule has 0 fully saturated rings. The lowest BCUT2D eigenvalue weighted by Gasteiger charge is -2.30. The highest BCUT2D eigenvalue weighted by molar-refractivity contribution is 5.80. The van der Waals surface area contributed by atoms with E-state index < -0.39 is 0 Å². The molecule has 26 heavy (non-hydrogen) atoms. The van der Waals surface area contributed by atoms with Gasteiger partial charge in [0.2, 0.25) is 5.91 Å². The van der Waals surface area contributed by atoms with Gasteiger partial charge in [-0.05, 0) is 19.3 Å². The van der Waals surface area contributed by atoms with Crippen LogP contribution in [0.15, 0.2) is 0 Å². The van der Waals surface area contributed by atoms with Crippen molar-refractivity contribution in [1.29, 1.82) is 0 Å². The summed E-state index contributed by atoms with van der Waals surface area (Å²) in [7, 11) is 0. The third kappa shape index (κ3) is 12.8. The van der Waals surface area contributed by atoms with Crippen LogP contribution >= 0.6 is 0 Å². The van der Waals surface area contributed by atoms with E-state index in [-0.39, 0.29) is 11.3 Å². The first-order valence-electron chi connectivity index (χ1n) is 11.9. The molecular formula is C24H49NO. The lowest BCUT2D eigenvalue weighted by atomic mass is 9.74. The van der Waals surface area contributed by atoms with Gasteiger partial charge in [0.05, 0.1) is 0 Å². The van der Waals surface area contributed by atoms with Crippen LogP contribution in [0.1, 0.15) is 143 Å². The van der Waals surface area contributed by atoms with Crippen molar-refractivity contribution >= 4 is 5.91 Å². The van der Waals surface area contributed by atoms with E-state index in [1.807, 2.05) is 0 Å². The van der Waals surface area contributed by atoms with Gasteiger partial charge in [0.25, 0.3) is 0 Å². The smallest absolute Gasteiger partial charge is 0.223 e. The molecule has 0 atom stereocenters. The van der Waals surface area contributed by atoms with Crippen molar-refractivity contribution in [3.8, 4) is 0 Å². The number of nitrogens with two attached hydrogens (primary N) is 1. The monoisotopic (exact) mass is 367 g/mol. The van der Waals surface area contributed by atoms with Crippen LogP contribution in [0.25, 0.3) is 0 Å². The molecule has 0 saturated heterocycles. The fourth-order valence-corrected chi connectivity index (χ4v) is 4.36. The second-order valence-corrected chi connectivity index (χ2v) is 8.49. The maximum absolute atomic E-state index is 12.0. The molecule has 0 aliphatic heterocycles. The van der Waals surface area contributed by atoms with E-state index >= 15 is 0 Å². The summed E-state index contributed by atoms with van der Waals surface area (Å²) in [5, 5.41) is 0. The van der Waals surface area contributed by atoms with Crippen LogP contribution in [-0.4, -0.2) is 5.91 Å². The Bertz CT molecular complexity index is 307. The van der Waals surface area contributed by atoms with Crippen molar-refractivity contribution in [2.24, 2.45) is 11.1 Å². The fraction of sp³-hybridized carbons (Fsp3) is 0.958. The molecule has 0 unspecified atom stereocenters. The van der Waals surface area contributed by atoms with Crippen LogP contribution in [0.3, 0.4) is 0 Å². The van der Waals surface area contributed by atoms with E-state index in [9.17, 15) is 4.79 Å². The molecule has 0 aromatic carbocycles. The highest BCUT2D eigenvalue weighted by Gasteiger charge is 2.33. The molecule has 0 rings (SSSR count). The molecule has 2 nitrogen and oxygen atoms in total. The SMILES string of the molecule is CCCCCCCCCCCCCCCCC(CCC)(CCC)C(N)=O. The largest absolute Gasteiger partial charge is 0.369 e. The quantitative estimate of drug-likeness (QED) is 0.218. The van der Waals surface area contributed by atoms with Crippen LogP contribution < -0.4 is 5.73 Å². The number of carbonyl (C=O) groups is 1. The summed E-state index contributed by atoms with van der Waals surface area (Å²) in [4.78, 5) is 12.0. The number of hydrogen-bond acceptors (Lipinski definition) is 1. The summed E-state index contributed by atoms with van der Waals surface area (Å²) < 4.78 is 0. The number of amides is 1. The maximum atomic E-state index is 12.0. The molecule has 0 aromatic heterocycles. The molecule has 0 heterocycles. The van der Waals surface area contributed by atoms with Crippen LogP contribution in [0.5, 0.6) is 0 Å². The van der Waals surface area contributed by atoms with E-state index in [0.717, 1.165) is 32.1 Å². The lowest BCUT2D eigenvalue weighted by molar-refractivity contribution is -0.129. The predicted molar refractivity (Wildman–Crippen MR) is 116 cm³/mol. The normalized spacial score (nSPS) is 11.8. The van der Waals surface area contributed by atoms with Gasteiger partial charge in [0, 0.05) is 5.41 Å². The second kappa shape index (κ2) is 17.9. The first-order valence-corrected chi connectivity index (χ1v) is 11.9. The molecule has 0 aromatic rings. The molecular weight excluding hydrogens is 318 g/mol. The highest BCUT2D eigenvalue weighted by atomic mass is 16.1.